The standard InChI is InChI=1S/C13H13N3O2/c17-16-10-15-12-3-5-13(6-4-12)18-9-11-2-1-7-14-8-11/h1-8,10,17H,9H2,(H,15,16). The fourth-order valence-electron chi connectivity index (χ4n) is 1.38. The highest BCUT2D eigenvalue weighted by molar-refractivity contribution is 5.59. The van der Waals surface area contributed by atoms with Crippen molar-refractivity contribution in [1.29, 1.82) is 0 Å². The predicted octanol–water partition coefficient (Wildman–Crippen LogP) is 2.30. The van der Waals surface area contributed by atoms with Gasteiger partial charge in [0.2, 0.25) is 0 Å². The van der Waals surface area contributed by atoms with Gasteiger partial charge in [0.1, 0.15) is 18.7 Å². The lowest BCUT2D eigenvalue weighted by Crippen LogP contribution is -2.00. The molecule has 0 saturated carbocycles. The molecule has 0 spiro atoms. The zero-order chi connectivity index (χ0) is 12.6. The normalized spacial score (nSPS) is 10.5. The number of pyridine rings is 1. The van der Waals surface area contributed by atoms with Gasteiger partial charge >= 0.3 is 0 Å². The van der Waals surface area contributed by atoms with Crippen LogP contribution in [0.2, 0.25) is 0 Å². The van der Waals surface area contributed by atoms with Crippen molar-refractivity contribution in [3.05, 3.63) is 54.4 Å². The van der Waals surface area contributed by atoms with Crippen molar-refractivity contribution in [3.8, 4) is 5.75 Å². The maximum atomic E-state index is 8.36. The van der Waals surface area contributed by atoms with Gasteiger partial charge in [0.25, 0.3) is 0 Å². The van der Waals surface area contributed by atoms with Crippen LogP contribution in [0.4, 0.5) is 5.69 Å². The molecular formula is C13H13N3O2. The van der Waals surface area contributed by atoms with Crippen LogP contribution in [0, 0.1) is 0 Å². The lowest BCUT2D eigenvalue weighted by molar-refractivity contribution is 0.240. The SMILES string of the molecule is ONC=Nc1ccc(OCc2cccnc2)cc1. The molecule has 0 aliphatic heterocycles. The summed E-state index contributed by atoms with van der Waals surface area (Å²) in [6, 6.07) is 11.1. The van der Waals surface area contributed by atoms with Crippen molar-refractivity contribution in [1.82, 2.24) is 10.5 Å². The molecule has 0 atom stereocenters. The first-order chi connectivity index (χ1) is 8.88. The summed E-state index contributed by atoms with van der Waals surface area (Å²) in [5.74, 6) is 0.759. The molecule has 0 saturated heterocycles. The number of nitrogens with one attached hydrogen (secondary N) is 1. The van der Waals surface area contributed by atoms with E-state index in [2.05, 4.69) is 9.98 Å². The number of aromatic nitrogens is 1. The summed E-state index contributed by atoms with van der Waals surface area (Å²) >= 11 is 0. The van der Waals surface area contributed by atoms with Crippen molar-refractivity contribution in [2.45, 2.75) is 6.61 Å². The Morgan fingerprint density at radius 3 is 2.78 bits per heavy atom. The van der Waals surface area contributed by atoms with Gasteiger partial charge in [-0.25, -0.2) is 4.99 Å². The quantitative estimate of drug-likeness (QED) is 0.480. The van der Waals surface area contributed by atoms with Gasteiger partial charge in [-0.2, -0.15) is 0 Å². The average molecular weight is 243 g/mol. The maximum absolute atomic E-state index is 8.36. The van der Waals surface area contributed by atoms with Crippen molar-refractivity contribution >= 4 is 12.0 Å². The summed E-state index contributed by atoms with van der Waals surface area (Å²) in [5.41, 5.74) is 3.59. The van der Waals surface area contributed by atoms with Crippen LogP contribution in [0.25, 0.3) is 0 Å². The smallest absolute Gasteiger partial charge is 0.119 e. The molecule has 0 bridgehead atoms. The van der Waals surface area contributed by atoms with Crippen LogP contribution < -0.4 is 10.2 Å². The summed E-state index contributed by atoms with van der Waals surface area (Å²) in [4.78, 5) is 7.95. The molecule has 1 heterocycles. The van der Waals surface area contributed by atoms with Gasteiger partial charge in [-0.1, -0.05) is 6.07 Å². The molecule has 5 heteroatoms. The number of rotatable bonds is 5. The van der Waals surface area contributed by atoms with Gasteiger partial charge in [0.15, 0.2) is 0 Å². The first kappa shape index (κ1) is 12.1. The van der Waals surface area contributed by atoms with E-state index in [-0.39, 0.29) is 0 Å². The van der Waals surface area contributed by atoms with Gasteiger partial charge in [-0.05, 0) is 30.3 Å². The largest absolute Gasteiger partial charge is 0.489 e. The third kappa shape index (κ3) is 3.57. The summed E-state index contributed by atoms with van der Waals surface area (Å²) in [6.45, 7) is 0.481. The van der Waals surface area contributed by atoms with E-state index in [9.17, 15) is 0 Å². The Morgan fingerprint density at radius 1 is 1.28 bits per heavy atom. The molecule has 2 aromatic rings. The Balaban J connectivity index is 1.92. The van der Waals surface area contributed by atoms with E-state index in [0.717, 1.165) is 17.0 Å². The summed E-state index contributed by atoms with van der Waals surface area (Å²) in [6.07, 6.45) is 4.70. The highest BCUT2D eigenvalue weighted by Crippen LogP contribution is 2.18. The molecule has 0 aliphatic carbocycles. The average Bonchev–Trinajstić information content (AvgIpc) is 2.45. The molecule has 18 heavy (non-hydrogen) atoms. The van der Waals surface area contributed by atoms with Crippen LogP contribution in [0.1, 0.15) is 5.56 Å². The Kier molecular flexibility index (Phi) is 4.27. The van der Waals surface area contributed by atoms with Crippen LogP contribution in [-0.4, -0.2) is 16.5 Å². The second kappa shape index (κ2) is 6.36. The Bertz CT molecular complexity index is 497. The monoisotopic (exact) mass is 243 g/mol. The molecule has 92 valence electrons. The van der Waals surface area contributed by atoms with E-state index in [0.29, 0.717) is 6.61 Å². The van der Waals surface area contributed by atoms with Crippen LogP contribution in [-0.2, 0) is 6.61 Å². The van der Waals surface area contributed by atoms with Crippen LogP contribution in [0.3, 0.4) is 0 Å². The van der Waals surface area contributed by atoms with Crippen molar-refractivity contribution in [2.24, 2.45) is 4.99 Å². The fourth-order valence-corrected chi connectivity index (χ4v) is 1.38. The molecule has 0 aliphatic rings. The van der Waals surface area contributed by atoms with Crippen LogP contribution >= 0.6 is 0 Å². The molecule has 1 aromatic heterocycles. The number of hydrogen-bond donors (Lipinski definition) is 2. The van der Waals surface area contributed by atoms with E-state index in [1.54, 1.807) is 24.5 Å². The number of ether oxygens (including phenoxy) is 1. The minimum atomic E-state index is 0.481. The molecule has 0 fully saturated rings. The molecule has 5 nitrogen and oxygen atoms in total. The lowest BCUT2D eigenvalue weighted by atomic mass is 10.3. The first-order valence-corrected chi connectivity index (χ1v) is 5.42. The number of benzene rings is 1. The Labute approximate surface area is 105 Å². The third-order valence-electron chi connectivity index (χ3n) is 2.24. The summed E-state index contributed by atoms with van der Waals surface area (Å²) < 4.78 is 5.59. The van der Waals surface area contributed by atoms with Gasteiger partial charge in [-0.3, -0.25) is 15.7 Å². The van der Waals surface area contributed by atoms with Crippen LogP contribution in [0.5, 0.6) is 5.75 Å². The van der Waals surface area contributed by atoms with Crippen molar-refractivity contribution in [3.63, 3.8) is 0 Å². The topological polar surface area (TPSA) is 66.7 Å². The molecule has 0 amide bonds. The molecule has 2 rings (SSSR count). The van der Waals surface area contributed by atoms with Crippen molar-refractivity contribution in [2.75, 3.05) is 0 Å². The lowest BCUT2D eigenvalue weighted by Gasteiger charge is -2.05. The highest BCUT2D eigenvalue weighted by Gasteiger charge is 1.96. The third-order valence-corrected chi connectivity index (χ3v) is 2.24. The molecule has 0 unspecified atom stereocenters. The maximum Gasteiger partial charge on any atom is 0.119 e. The second-order valence-electron chi connectivity index (χ2n) is 3.53. The minimum Gasteiger partial charge on any atom is -0.489 e. The molecular weight excluding hydrogens is 230 g/mol. The summed E-state index contributed by atoms with van der Waals surface area (Å²) in [7, 11) is 0. The number of hydroxylamine groups is 1. The molecule has 2 N–H and O–H groups in total. The number of hydrogen-bond acceptors (Lipinski definition) is 4. The zero-order valence-electron chi connectivity index (χ0n) is 9.65. The first-order valence-electron chi connectivity index (χ1n) is 5.42. The van der Waals surface area contributed by atoms with Gasteiger partial charge in [0, 0.05) is 18.0 Å². The van der Waals surface area contributed by atoms with Gasteiger partial charge in [-0.15, -0.1) is 0 Å². The van der Waals surface area contributed by atoms with Gasteiger partial charge in [0.05, 0.1) is 5.69 Å². The molecule has 0 radical (unpaired) electrons. The Hall–Kier alpha value is -2.40. The second-order valence-corrected chi connectivity index (χ2v) is 3.53. The minimum absolute atomic E-state index is 0.481. The molecule has 1 aromatic carbocycles. The Morgan fingerprint density at radius 2 is 2.11 bits per heavy atom. The number of nitrogens with zero attached hydrogens (tertiary/aromatic N) is 2. The van der Waals surface area contributed by atoms with E-state index in [4.69, 9.17) is 9.94 Å². The van der Waals surface area contributed by atoms with E-state index >= 15 is 0 Å². The van der Waals surface area contributed by atoms with Crippen LogP contribution in [0.15, 0.2) is 53.8 Å². The van der Waals surface area contributed by atoms with E-state index in [1.165, 1.54) is 6.34 Å². The number of aliphatic imine (C=N–C) groups is 1. The highest BCUT2D eigenvalue weighted by atomic mass is 16.5. The van der Waals surface area contributed by atoms with E-state index < -0.39 is 0 Å². The fraction of sp³-hybridized carbons (Fsp3) is 0.0769. The van der Waals surface area contributed by atoms with Gasteiger partial charge < -0.3 is 4.74 Å². The van der Waals surface area contributed by atoms with Crippen molar-refractivity contribution < 1.29 is 9.94 Å². The zero-order valence-corrected chi connectivity index (χ0v) is 9.65. The van der Waals surface area contributed by atoms with E-state index in [1.807, 2.05) is 29.7 Å². The predicted molar refractivity (Wildman–Crippen MR) is 68.1 cm³/mol. The summed E-state index contributed by atoms with van der Waals surface area (Å²) in [5, 5.41) is 8.36.